The molecule has 4 aromatic rings. The number of anilines is 1. The van der Waals surface area contributed by atoms with Crippen LogP contribution in [0.2, 0.25) is 0 Å². The number of rotatable bonds is 3. The van der Waals surface area contributed by atoms with E-state index in [-0.39, 0.29) is 17.1 Å². The van der Waals surface area contributed by atoms with Crippen LogP contribution in [0, 0.1) is 11.6 Å². The molecule has 0 radical (unpaired) electrons. The highest BCUT2D eigenvalue weighted by atomic mass is 19.2. The molecule has 0 fully saturated rings. The molecule has 0 atom stereocenters. The predicted octanol–water partition coefficient (Wildman–Crippen LogP) is 3.55. The second-order valence-electron chi connectivity index (χ2n) is 5.48. The van der Waals surface area contributed by atoms with Gasteiger partial charge in [-0.25, -0.2) is 13.8 Å². The van der Waals surface area contributed by atoms with Crippen LogP contribution < -0.4 is 5.32 Å². The summed E-state index contributed by atoms with van der Waals surface area (Å²) in [6.45, 7) is 0. The van der Waals surface area contributed by atoms with Crippen molar-refractivity contribution in [2.24, 2.45) is 0 Å². The molecular formula is C18H11F2N5O. The summed E-state index contributed by atoms with van der Waals surface area (Å²) in [5.41, 5.74) is 1.25. The molecule has 0 unspecified atom stereocenters. The van der Waals surface area contributed by atoms with Crippen LogP contribution in [0.15, 0.2) is 55.0 Å². The monoisotopic (exact) mass is 351 g/mol. The Morgan fingerprint density at radius 2 is 2.00 bits per heavy atom. The fraction of sp³-hybridized carbons (Fsp3) is 0. The first-order valence-electron chi connectivity index (χ1n) is 7.63. The van der Waals surface area contributed by atoms with Crippen LogP contribution in [-0.2, 0) is 0 Å². The zero-order valence-electron chi connectivity index (χ0n) is 13.2. The van der Waals surface area contributed by atoms with Crippen LogP contribution in [0.4, 0.5) is 14.6 Å². The number of H-pyrrole nitrogens is 1. The van der Waals surface area contributed by atoms with E-state index in [1.54, 1.807) is 18.2 Å². The Kier molecular flexibility index (Phi) is 3.85. The molecule has 26 heavy (non-hydrogen) atoms. The largest absolute Gasteiger partial charge is 0.304 e. The van der Waals surface area contributed by atoms with Crippen LogP contribution in [-0.4, -0.2) is 26.1 Å². The number of aromatic amines is 1. The second-order valence-corrected chi connectivity index (χ2v) is 5.48. The maximum Gasteiger partial charge on any atom is 0.277 e. The maximum atomic E-state index is 14.1. The molecule has 1 amide bonds. The Labute approximate surface area is 145 Å². The van der Waals surface area contributed by atoms with Gasteiger partial charge < -0.3 is 5.32 Å². The van der Waals surface area contributed by atoms with Crippen molar-refractivity contribution in [3.05, 3.63) is 72.3 Å². The number of hydrogen-bond donors (Lipinski definition) is 2. The number of aromatic nitrogens is 4. The van der Waals surface area contributed by atoms with Gasteiger partial charge in [-0.15, -0.1) is 0 Å². The van der Waals surface area contributed by atoms with Crippen molar-refractivity contribution in [3.8, 4) is 11.1 Å². The summed E-state index contributed by atoms with van der Waals surface area (Å²) in [6.07, 6.45) is 4.34. The zero-order valence-corrected chi connectivity index (χ0v) is 13.2. The molecule has 2 aromatic heterocycles. The first-order chi connectivity index (χ1) is 12.6. The molecule has 8 heteroatoms. The minimum Gasteiger partial charge on any atom is -0.304 e. The van der Waals surface area contributed by atoms with E-state index in [9.17, 15) is 13.6 Å². The SMILES string of the molecule is O=C(Nc1cnccn1)c1n[nH]c2ccc(-c3cccc(F)c3F)cc12. The molecule has 0 saturated carbocycles. The van der Waals surface area contributed by atoms with Crippen molar-refractivity contribution in [1.82, 2.24) is 20.2 Å². The molecule has 6 nitrogen and oxygen atoms in total. The fourth-order valence-electron chi connectivity index (χ4n) is 2.62. The molecule has 0 spiro atoms. The first-order valence-corrected chi connectivity index (χ1v) is 7.63. The molecule has 0 aliphatic carbocycles. The summed E-state index contributed by atoms with van der Waals surface area (Å²) in [5, 5.41) is 9.82. The van der Waals surface area contributed by atoms with Gasteiger partial charge in [0.05, 0.1) is 11.7 Å². The third-order valence-electron chi connectivity index (χ3n) is 3.85. The standard InChI is InChI=1S/C18H11F2N5O/c19-13-3-1-2-11(16(13)20)10-4-5-14-12(8-10)17(25-24-14)18(26)23-15-9-21-6-7-22-15/h1-9H,(H,24,25)(H,22,23,26). The van der Waals surface area contributed by atoms with E-state index >= 15 is 0 Å². The lowest BCUT2D eigenvalue weighted by atomic mass is 10.0. The topological polar surface area (TPSA) is 83.6 Å². The third-order valence-corrected chi connectivity index (χ3v) is 3.85. The summed E-state index contributed by atoms with van der Waals surface area (Å²) in [7, 11) is 0. The Balaban J connectivity index is 1.75. The minimum atomic E-state index is -0.944. The number of carbonyl (C=O) groups excluding carboxylic acids is 1. The lowest BCUT2D eigenvalue weighted by molar-refractivity contribution is 0.102. The molecule has 128 valence electrons. The van der Waals surface area contributed by atoms with E-state index in [0.717, 1.165) is 6.07 Å². The summed E-state index contributed by atoms with van der Waals surface area (Å²) in [6, 6.07) is 8.81. The molecule has 0 aliphatic rings. The highest BCUT2D eigenvalue weighted by Gasteiger charge is 2.17. The normalized spacial score (nSPS) is 10.8. The van der Waals surface area contributed by atoms with Gasteiger partial charge in [-0.05, 0) is 23.8 Å². The molecule has 2 heterocycles. The van der Waals surface area contributed by atoms with Crippen molar-refractivity contribution in [3.63, 3.8) is 0 Å². The van der Waals surface area contributed by atoms with Crippen molar-refractivity contribution in [2.45, 2.75) is 0 Å². The summed E-state index contributed by atoms with van der Waals surface area (Å²) >= 11 is 0. The van der Waals surface area contributed by atoms with Crippen LogP contribution in [0.5, 0.6) is 0 Å². The smallest absolute Gasteiger partial charge is 0.277 e. The van der Waals surface area contributed by atoms with Crippen LogP contribution >= 0.6 is 0 Å². The number of benzene rings is 2. The van der Waals surface area contributed by atoms with Gasteiger partial charge in [-0.3, -0.25) is 14.9 Å². The van der Waals surface area contributed by atoms with E-state index < -0.39 is 17.5 Å². The van der Waals surface area contributed by atoms with Crippen molar-refractivity contribution >= 4 is 22.6 Å². The summed E-state index contributed by atoms with van der Waals surface area (Å²) in [4.78, 5) is 20.3. The first kappa shape index (κ1) is 15.8. The third kappa shape index (κ3) is 2.77. The van der Waals surface area contributed by atoms with Crippen molar-refractivity contribution in [1.29, 1.82) is 0 Å². The van der Waals surface area contributed by atoms with Crippen LogP contribution in [0.3, 0.4) is 0 Å². The highest BCUT2D eigenvalue weighted by molar-refractivity contribution is 6.11. The van der Waals surface area contributed by atoms with E-state index in [2.05, 4.69) is 25.5 Å². The van der Waals surface area contributed by atoms with Crippen molar-refractivity contribution < 1.29 is 13.6 Å². The minimum absolute atomic E-state index is 0.105. The molecule has 0 aliphatic heterocycles. The Morgan fingerprint density at radius 1 is 1.12 bits per heavy atom. The van der Waals surface area contributed by atoms with E-state index in [4.69, 9.17) is 0 Å². The number of nitrogens with zero attached hydrogens (tertiary/aromatic N) is 3. The quantitative estimate of drug-likeness (QED) is 0.591. The lowest BCUT2D eigenvalue weighted by Crippen LogP contribution is -2.13. The van der Waals surface area contributed by atoms with E-state index in [1.807, 2.05) is 0 Å². The Bertz CT molecular complexity index is 1110. The lowest BCUT2D eigenvalue weighted by Gasteiger charge is -2.05. The van der Waals surface area contributed by atoms with Crippen LogP contribution in [0.1, 0.15) is 10.5 Å². The van der Waals surface area contributed by atoms with Gasteiger partial charge in [0.15, 0.2) is 23.1 Å². The molecule has 2 aromatic carbocycles. The van der Waals surface area contributed by atoms with Crippen molar-refractivity contribution in [2.75, 3.05) is 5.32 Å². The van der Waals surface area contributed by atoms with Gasteiger partial charge in [0, 0.05) is 23.3 Å². The summed E-state index contributed by atoms with van der Waals surface area (Å²) < 4.78 is 27.6. The second kappa shape index (κ2) is 6.32. The number of fused-ring (bicyclic) bond motifs is 1. The van der Waals surface area contributed by atoms with Gasteiger partial charge in [0.1, 0.15) is 0 Å². The average molecular weight is 351 g/mol. The van der Waals surface area contributed by atoms with Gasteiger partial charge in [0.2, 0.25) is 0 Å². The van der Waals surface area contributed by atoms with Gasteiger partial charge >= 0.3 is 0 Å². The number of carbonyl (C=O) groups is 1. The van der Waals surface area contributed by atoms with E-state index in [1.165, 1.54) is 30.7 Å². The number of amides is 1. The molecule has 4 rings (SSSR count). The average Bonchev–Trinajstić information content (AvgIpc) is 3.08. The summed E-state index contributed by atoms with van der Waals surface area (Å²) in [5.74, 6) is -2.09. The molecule has 2 N–H and O–H groups in total. The number of halogens is 2. The van der Waals surface area contributed by atoms with Gasteiger partial charge in [-0.2, -0.15) is 5.10 Å². The Hall–Kier alpha value is -3.68. The molecule has 0 saturated heterocycles. The highest BCUT2D eigenvalue weighted by Crippen LogP contribution is 2.28. The number of hydrogen-bond acceptors (Lipinski definition) is 4. The maximum absolute atomic E-state index is 14.1. The molecular weight excluding hydrogens is 340 g/mol. The zero-order chi connectivity index (χ0) is 18.1. The Morgan fingerprint density at radius 3 is 2.81 bits per heavy atom. The van der Waals surface area contributed by atoms with Gasteiger partial charge in [0.25, 0.3) is 5.91 Å². The number of nitrogens with one attached hydrogen (secondary N) is 2. The fourth-order valence-corrected chi connectivity index (χ4v) is 2.62. The predicted molar refractivity (Wildman–Crippen MR) is 91.4 cm³/mol. The van der Waals surface area contributed by atoms with E-state index in [0.29, 0.717) is 16.5 Å². The van der Waals surface area contributed by atoms with Crippen LogP contribution in [0.25, 0.3) is 22.0 Å². The van der Waals surface area contributed by atoms with Gasteiger partial charge in [-0.1, -0.05) is 18.2 Å². The molecule has 0 bridgehead atoms.